The third-order valence-electron chi connectivity index (χ3n) is 8.57. The Morgan fingerprint density at radius 1 is 1.10 bits per heavy atom. The third kappa shape index (κ3) is 6.55. The zero-order chi connectivity index (χ0) is 27.4. The number of hydrogen-bond donors (Lipinski definition) is 1. The Kier molecular flexibility index (Phi) is 8.70. The molecule has 2 aliphatic heterocycles. The lowest BCUT2D eigenvalue weighted by molar-refractivity contribution is -0.142. The summed E-state index contributed by atoms with van der Waals surface area (Å²) in [6, 6.07) is 9.56. The number of carbonyl (C=O) groups excluding carboxylic acids is 1. The van der Waals surface area contributed by atoms with Crippen molar-refractivity contribution in [3.8, 4) is 11.6 Å². The minimum Gasteiger partial charge on any atom is -0.497 e. The number of carboxylic acid groups (broad SMARTS) is 1. The fourth-order valence-corrected chi connectivity index (χ4v) is 6.06. The topological polar surface area (TPSA) is 98.2 Å². The number of piperidine rings is 1. The first-order valence-corrected chi connectivity index (χ1v) is 14.3. The van der Waals surface area contributed by atoms with Crippen molar-refractivity contribution in [3.63, 3.8) is 0 Å². The van der Waals surface area contributed by atoms with Gasteiger partial charge in [0.1, 0.15) is 11.9 Å². The molecule has 8 nitrogen and oxygen atoms in total. The zero-order valence-corrected chi connectivity index (χ0v) is 23.0. The van der Waals surface area contributed by atoms with Gasteiger partial charge < -0.3 is 24.2 Å². The molecule has 5 rings (SSSR count). The molecule has 1 aliphatic carbocycles. The molecular weight excluding hydrogens is 496 g/mol. The minimum absolute atomic E-state index is 0.00475. The first-order valence-electron chi connectivity index (χ1n) is 14.3. The van der Waals surface area contributed by atoms with Crippen LogP contribution < -0.4 is 14.4 Å². The summed E-state index contributed by atoms with van der Waals surface area (Å²) in [6.07, 6.45) is 8.20. The van der Waals surface area contributed by atoms with Crippen molar-refractivity contribution >= 4 is 17.4 Å². The second-order valence-electron chi connectivity index (χ2n) is 11.3. The molecule has 3 heterocycles. The maximum Gasteiger partial charge on any atom is 0.306 e. The lowest BCUT2D eigenvalue weighted by Gasteiger charge is -2.35. The van der Waals surface area contributed by atoms with Crippen LogP contribution in [0.25, 0.3) is 0 Å². The average Bonchev–Trinajstić information content (AvgIpc) is 3.81. The minimum atomic E-state index is -0.759. The van der Waals surface area contributed by atoms with Crippen LogP contribution in [0.2, 0.25) is 0 Å². The number of Topliss-reactive ketones (excluding diaryl/α,β-unsaturated/α-hetero) is 1. The number of hydrogen-bond acceptors (Lipinski definition) is 7. The molecule has 0 bridgehead atoms. The molecule has 0 radical (unpaired) electrons. The highest BCUT2D eigenvalue weighted by atomic mass is 16.5. The van der Waals surface area contributed by atoms with Gasteiger partial charge in [-0.05, 0) is 86.5 Å². The Hall–Kier alpha value is -3.13. The van der Waals surface area contributed by atoms with E-state index in [-0.39, 0.29) is 17.8 Å². The van der Waals surface area contributed by atoms with Crippen molar-refractivity contribution in [2.45, 2.75) is 63.9 Å². The number of carbonyl (C=O) groups is 2. The Bertz CT molecular complexity index is 1150. The van der Waals surface area contributed by atoms with Crippen LogP contribution in [0.15, 0.2) is 36.5 Å². The summed E-state index contributed by atoms with van der Waals surface area (Å²) in [4.78, 5) is 31.7. The quantitative estimate of drug-likeness (QED) is 0.384. The van der Waals surface area contributed by atoms with E-state index in [1.165, 1.54) is 0 Å². The molecule has 1 aromatic carbocycles. The largest absolute Gasteiger partial charge is 0.497 e. The lowest BCUT2D eigenvalue weighted by Crippen LogP contribution is -2.37. The summed E-state index contributed by atoms with van der Waals surface area (Å²) >= 11 is 0. The van der Waals surface area contributed by atoms with Crippen LogP contribution in [0.4, 0.5) is 5.69 Å². The molecule has 0 unspecified atom stereocenters. The zero-order valence-electron chi connectivity index (χ0n) is 23.0. The number of aromatic nitrogens is 1. The fourth-order valence-electron chi connectivity index (χ4n) is 6.06. The van der Waals surface area contributed by atoms with E-state index < -0.39 is 11.9 Å². The monoisotopic (exact) mass is 536 g/mol. The van der Waals surface area contributed by atoms with Crippen LogP contribution in [-0.4, -0.2) is 61.4 Å². The molecule has 1 saturated carbocycles. The van der Waals surface area contributed by atoms with E-state index in [1.54, 1.807) is 20.2 Å². The van der Waals surface area contributed by atoms with Gasteiger partial charge in [-0.15, -0.1) is 0 Å². The number of anilines is 1. The highest BCUT2D eigenvalue weighted by Crippen LogP contribution is 2.47. The summed E-state index contributed by atoms with van der Waals surface area (Å²) in [6.45, 7) is 4.64. The third-order valence-corrected chi connectivity index (χ3v) is 8.57. The van der Waals surface area contributed by atoms with Gasteiger partial charge in [-0.2, -0.15) is 0 Å². The second-order valence-corrected chi connectivity index (χ2v) is 11.3. The van der Waals surface area contributed by atoms with Crippen LogP contribution >= 0.6 is 0 Å². The molecule has 3 fully saturated rings. The molecule has 3 atom stereocenters. The number of rotatable bonds is 11. The predicted octanol–water partition coefficient (Wildman–Crippen LogP) is 5.35. The lowest BCUT2D eigenvalue weighted by atomic mass is 9.84. The van der Waals surface area contributed by atoms with Crippen LogP contribution in [0.5, 0.6) is 11.6 Å². The summed E-state index contributed by atoms with van der Waals surface area (Å²) in [7, 11) is 1.65. The molecule has 2 saturated heterocycles. The van der Waals surface area contributed by atoms with Crippen molar-refractivity contribution < 1.29 is 28.9 Å². The van der Waals surface area contributed by atoms with Crippen LogP contribution in [0.3, 0.4) is 0 Å². The van der Waals surface area contributed by atoms with Gasteiger partial charge in [-0.3, -0.25) is 9.59 Å². The SMILES string of the molecule is COc1ccc(C(=O)[C@@H]2CCCCO2)c(N2CCC(COc3cc([C@H](C4CC4)[C@H](C)C(=O)O)ccn3)CC2)c1. The van der Waals surface area contributed by atoms with Crippen molar-refractivity contribution in [1.82, 2.24) is 4.98 Å². The first kappa shape index (κ1) is 27.4. The fraction of sp³-hybridized carbons (Fsp3) is 0.581. The van der Waals surface area contributed by atoms with E-state index in [2.05, 4.69) is 9.88 Å². The number of benzene rings is 1. The predicted molar refractivity (Wildman–Crippen MR) is 148 cm³/mol. The molecule has 8 heteroatoms. The van der Waals surface area contributed by atoms with Gasteiger partial charge in [0.05, 0.1) is 25.3 Å². The number of ether oxygens (including phenoxy) is 3. The van der Waals surface area contributed by atoms with E-state index in [1.807, 2.05) is 30.3 Å². The summed E-state index contributed by atoms with van der Waals surface area (Å²) in [5.41, 5.74) is 2.63. The van der Waals surface area contributed by atoms with Gasteiger partial charge in [0.25, 0.3) is 0 Å². The van der Waals surface area contributed by atoms with Crippen molar-refractivity contribution in [2.24, 2.45) is 17.8 Å². The van der Waals surface area contributed by atoms with Gasteiger partial charge in [0.2, 0.25) is 5.88 Å². The maximum absolute atomic E-state index is 13.3. The number of ketones is 1. The number of carboxylic acids is 1. The molecule has 0 spiro atoms. The molecule has 1 N–H and O–H groups in total. The summed E-state index contributed by atoms with van der Waals surface area (Å²) in [5.74, 6) is 0.959. The number of aliphatic carboxylic acids is 1. The highest BCUT2D eigenvalue weighted by Gasteiger charge is 2.39. The Morgan fingerprint density at radius 2 is 1.90 bits per heavy atom. The van der Waals surface area contributed by atoms with Crippen LogP contribution in [-0.2, 0) is 9.53 Å². The Balaban J connectivity index is 1.20. The van der Waals surface area contributed by atoms with E-state index in [0.717, 1.165) is 75.0 Å². The van der Waals surface area contributed by atoms with Gasteiger partial charge in [0, 0.05) is 43.6 Å². The smallest absolute Gasteiger partial charge is 0.306 e. The maximum atomic E-state index is 13.3. The van der Waals surface area contributed by atoms with E-state index in [0.29, 0.717) is 36.5 Å². The molecular formula is C31H40N2O6. The summed E-state index contributed by atoms with van der Waals surface area (Å²) < 4.78 is 17.4. The molecule has 1 aromatic heterocycles. The first-order chi connectivity index (χ1) is 18.9. The van der Waals surface area contributed by atoms with Gasteiger partial charge in [-0.25, -0.2) is 4.98 Å². The van der Waals surface area contributed by atoms with Gasteiger partial charge in [-0.1, -0.05) is 6.92 Å². The van der Waals surface area contributed by atoms with Crippen LogP contribution in [0, 0.1) is 17.8 Å². The van der Waals surface area contributed by atoms with E-state index >= 15 is 0 Å². The van der Waals surface area contributed by atoms with Gasteiger partial charge >= 0.3 is 5.97 Å². The van der Waals surface area contributed by atoms with Crippen molar-refractivity contribution in [1.29, 1.82) is 0 Å². The van der Waals surface area contributed by atoms with E-state index in [9.17, 15) is 14.7 Å². The van der Waals surface area contributed by atoms with Crippen molar-refractivity contribution in [2.75, 3.05) is 38.3 Å². The molecule has 2 aromatic rings. The summed E-state index contributed by atoms with van der Waals surface area (Å²) in [5, 5.41) is 9.60. The second kappa shape index (κ2) is 12.4. The van der Waals surface area contributed by atoms with E-state index in [4.69, 9.17) is 14.2 Å². The van der Waals surface area contributed by atoms with Crippen molar-refractivity contribution in [3.05, 3.63) is 47.7 Å². The van der Waals surface area contributed by atoms with Crippen LogP contribution in [0.1, 0.15) is 73.7 Å². The number of nitrogens with zero attached hydrogens (tertiary/aromatic N) is 2. The number of methoxy groups -OCH3 is 1. The van der Waals surface area contributed by atoms with Gasteiger partial charge in [0.15, 0.2) is 5.78 Å². The Labute approximate surface area is 230 Å². The Morgan fingerprint density at radius 3 is 2.56 bits per heavy atom. The average molecular weight is 537 g/mol. The number of pyridine rings is 1. The molecule has 3 aliphatic rings. The standard InChI is InChI=1S/C31H40N2O6/c1-20(31(35)36)29(22-6-7-22)23-10-13-32-28(17-23)39-19-21-11-14-33(15-12-21)26-18-24(37-2)8-9-25(26)30(34)27-5-3-4-16-38-27/h8-10,13,17-18,20-22,27,29H,3-7,11-12,14-16,19H2,1-2H3,(H,35,36)/t20-,27-,29-/m0/s1. The normalized spacial score (nSPS) is 21.7. The highest BCUT2D eigenvalue weighted by molar-refractivity contribution is 6.04. The molecule has 39 heavy (non-hydrogen) atoms. The molecule has 210 valence electrons. The molecule has 0 amide bonds.